The highest BCUT2D eigenvalue weighted by Crippen LogP contribution is 2.39. The largest absolute Gasteiger partial charge is 0.496 e. The van der Waals surface area contributed by atoms with Crippen molar-refractivity contribution in [1.29, 1.82) is 0 Å². The molecule has 0 radical (unpaired) electrons. The number of carboxylic acids is 1. The van der Waals surface area contributed by atoms with Gasteiger partial charge in [0.15, 0.2) is 0 Å². The van der Waals surface area contributed by atoms with E-state index >= 15 is 0 Å². The van der Waals surface area contributed by atoms with E-state index in [0.29, 0.717) is 0 Å². The van der Waals surface area contributed by atoms with E-state index in [-0.39, 0.29) is 6.42 Å². The highest BCUT2D eigenvalue weighted by atomic mass is 16.5. The number of benzene rings is 1. The van der Waals surface area contributed by atoms with E-state index in [4.69, 9.17) is 4.74 Å². The summed E-state index contributed by atoms with van der Waals surface area (Å²) in [6.45, 7) is 3.91. The number of rotatable bonds is 5. The summed E-state index contributed by atoms with van der Waals surface area (Å²) in [4.78, 5) is 13.7. The maximum atomic E-state index is 11.4. The molecule has 1 heterocycles. The Morgan fingerprint density at radius 2 is 1.95 bits per heavy atom. The Kier molecular flexibility index (Phi) is 4.65. The second kappa shape index (κ2) is 6.27. The minimum atomic E-state index is -0.774. The third-order valence-electron chi connectivity index (χ3n) is 4.24. The number of methoxy groups -OCH3 is 1. The number of likely N-dealkylation sites (tertiary alicyclic amines) is 1. The van der Waals surface area contributed by atoms with Crippen molar-refractivity contribution in [2.45, 2.75) is 38.1 Å². The van der Waals surface area contributed by atoms with Gasteiger partial charge in [0, 0.05) is 5.56 Å². The number of piperidine rings is 1. The van der Waals surface area contributed by atoms with Gasteiger partial charge in [0.25, 0.3) is 0 Å². The summed E-state index contributed by atoms with van der Waals surface area (Å²) in [6.07, 6.45) is 3.58. The van der Waals surface area contributed by atoms with Crippen LogP contribution in [0.2, 0.25) is 0 Å². The zero-order valence-electron chi connectivity index (χ0n) is 12.3. The van der Waals surface area contributed by atoms with Crippen molar-refractivity contribution in [2.24, 2.45) is 0 Å². The van der Waals surface area contributed by atoms with Crippen LogP contribution in [-0.2, 0) is 10.3 Å². The molecule has 0 bridgehead atoms. The molecule has 0 spiro atoms. The van der Waals surface area contributed by atoms with E-state index in [1.165, 1.54) is 6.42 Å². The molecule has 4 heteroatoms. The lowest BCUT2D eigenvalue weighted by atomic mass is 9.84. The summed E-state index contributed by atoms with van der Waals surface area (Å²) in [7, 11) is 1.64. The normalized spacial score (nSPS) is 19.3. The van der Waals surface area contributed by atoms with Gasteiger partial charge in [0.05, 0.1) is 19.1 Å². The van der Waals surface area contributed by atoms with Gasteiger partial charge in [0.1, 0.15) is 5.75 Å². The first kappa shape index (κ1) is 14.9. The van der Waals surface area contributed by atoms with Crippen LogP contribution in [0, 0.1) is 0 Å². The highest BCUT2D eigenvalue weighted by molar-refractivity contribution is 5.69. The average molecular weight is 277 g/mol. The van der Waals surface area contributed by atoms with Crippen molar-refractivity contribution >= 4 is 5.97 Å². The van der Waals surface area contributed by atoms with Crippen LogP contribution in [0.5, 0.6) is 5.75 Å². The summed E-state index contributed by atoms with van der Waals surface area (Å²) < 4.78 is 5.44. The average Bonchev–Trinajstić information content (AvgIpc) is 2.47. The lowest BCUT2D eigenvalue weighted by molar-refractivity contribution is -0.140. The Hall–Kier alpha value is -1.55. The minimum absolute atomic E-state index is 0.0906. The Morgan fingerprint density at radius 1 is 1.30 bits per heavy atom. The molecule has 1 aromatic carbocycles. The van der Waals surface area contributed by atoms with Crippen LogP contribution >= 0.6 is 0 Å². The molecule has 1 aromatic rings. The summed E-state index contributed by atoms with van der Waals surface area (Å²) in [5.74, 6) is -0.00852. The van der Waals surface area contributed by atoms with Gasteiger partial charge in [-0.15, -0.1) is 0 Å². The third kappa shape index (κ3) is 2.96. The number of para-hydroxylation sites is 1. The molecule has 110 valence electrons. The lowest BCUT2D eigenvalue weighted by Crippen LogP contribution is -2.48. The van der Waals surface area contributed by atoms with Gasteiger partial charge >= 0.3 is 5.97 Å². The summed E-state index contributed by atoms with van der Waals surface area (Å²) in [6, 6.07) is 7.75. The molecule has 1 N–H and O–H groups in total. The number of carboxylic acid groups (broad SMARTS) is 1. The first-order valence-electron chi connectivity index (χ1n) is 7.18. The smallest absolute Gasteiger partial charge is 0.305 e. The summed E-state index contributed by atoms with van der Waals surface area (Å²) >= 11 is 0. The van der Waals surface area contributed by atoms with E-state index in [9.17, 15) is 9.90 Å². The molecule has 1 aliphatic heterocycles. The van der Waals surface area contributed by atoms with Crippen LogP contribution in [0.15, 0.2) is 24.3 Å². The fraction of sp³-hybridized carbons (Fsp3) is 0.562. The van der Waals surface area contributed by atoms with Crippen molar-refractivity contribution in [3.05, 3.63) is 29.8 Å². The zero-order valence-corrected chi connectivity index (χ0v) is 12.3. The Labute approximate surface area is 120 Å². The van der Waals surface area contributed by atoms with E-state index in [1.54, 1.807) is 7.11 Å². The number of aliphatic carboxylic acids is 1. The highest BCUT2D eigenvalue weighted by Gasteiger charge is 2.38. The zero-order chi connectivity index (χ0) is 14.6. The minimum Gasteiger partial charge on any atom is -0.496 e. The standard InChI is InChI=1S/C16H23NO3/c1-16(12-15(18)19,17-10-6-3-7-11-17)13-8-4-5-9-14(13)20-2/h4-5,8-9H,3,6-7,10-12H2,1-2H3,(H,18,19). The SMILES string of the molecule is COc1ccccc1C(C)(CC(=O)O)N1CCCCC1. The van der Waals surface area contributed by atoms with Crippen molar-refractivity contribution in [1.82, 2.24) is 4.90 Å². The number of hydrogen-bond donors (Lipinski definition) is 1. The molecule has 0 aliphatic carbocycles. The van der Waals surface area contributed by atoms with Crippen molar-refractivity contribution in [2.75, 3.05) is 20.2 Å². The van der Waals surface area contributed by atoms with Crippen molar-refractivity contribution < 1.29 is 14.6 Å². The van der Waals surface area contributed by atoms with E-state index in [2.05, 4.69) is 4.90 Å². The number of ether oxygens (including phenoxy) is 1. The van der Waals surface area contributed by atoms with Gasteiger partial charge < -0.3 is 9.84 Å². The van der Waals surface area contributed by atoms with Crippen LogP contribution < -0.4 is 4.74 Å². The second-order valence-corrected chi connectivity index (χ2v) is 5.59. The molecule has 1 aliphatic rings. The van der Waals surface area contributed by atoms with Gasteiger partial charge in [-0.05, 0) is 38.9 Å². The molecule has 20 heavy (non-hydrogen) atoms. The molecule has 4 nitrogen and oxygen atoms in total. The summed E-state index contributed by atoms with van der Waals surface area (Å²) in [5, 5.41) is 9.34. The van der Waals surface area contributed by atoms with Gasteiger partial charge in [0.2, 0.25) is 0 Å². The van der Waals surface area contributed by atoms with Crippen LogP contribution in [0.4, 0.5) is 0 Å². The fourth-order valence-corrected chi connectivity index (χ4v) is 3.15. The predicted octanol–water partition coefficient (Wildman–Crippen LogP) is 2.87. The number of hydrogen-bond acceptors (Lipinski definition) is 3. The molecule has 1 unspecified atom stereocenters. The fourth-order valence-electron chi connectivity index (χ4n) is 3.15. The molecule has 0 saturated carbocycles. The van der Waals surface area contributed by atoms with Crippen LogP contribution in [0.25, 0.3) is 0 Å². The summed E-state index contributed by atoms with van der Waals surface area (Å²) in [5.41, 5.74) is 0.450. The Balaban J connectivity index is 2.41. The number of nitrogens with zero attached hydrogens (tertiary/aromatic N) is 1. The molecule has 2 rings (SSSR count). The van der Waals surface area contributed by atoms with E-state index in [0.717, 1.165) is 37.2 Å². The molecule has 0 amide bonds. The molecule has 0 aromatic heterocycles. The maximum Gasteiger partial charge on any atom is 0.305 e. The van der Waals surface area contributed by atoms with Crippen LogP contribution in [0.3, 0.4) is 0 Å². The van der Waals surface area contributed by atoms with Gasteiger partial charge in [-0.25, -0.2) is 0 Å². The van der Waals surface area contributed by atoms with E-state index in [1.807, 2.05) is 31.2 Å². The van der Waals surface area contributed by atoms with Crippen LogP contribution in [-0.4, -0.2) is 36.2 Å². The second-order valence-electron chi connectivity index (χ2n) is 5.59. The Bertz CT molecular complexity index is 469. The molecular weight excluding hydrogens is 254 g/mol. The molecule has 1 atom stereocenters. The first-order valence-corrected chi connectivity index (χ1v) is 7.18. The predicted molar refractivity (Wildman–Crippen MR) is 78.0 cm³/mol. The molecule has 1 saturated heterocycles. The van der Waals surface area contributed by atoms with Gasteiger partial charge in [-0.3, -0.25) is 9.69 Å². The first-order chi connectivity index (χ1) is 9.58. The van der Waals surface area contributed by atoms with Gasteiger partial charge in [-0.1, -0.05) is 24.6 Å². The van der Waals surface area contributed by atoms with Crippen molar-refractivity contribution in [3.63, 3.8) is 0 Å². The van der Waals surface area contributed by atoms with Gasteiger partial charge in [-0.2, -0.15) is 0 Å². The van der Waals surface area contributed by atoms with E-state index < -0.39 is 11.5 Å². The van der Waals surface area contributed by atoms with Crippen LogP contribution in [0.1, 0.15) is 38.2 Å². The number of carbonyl (C=O) groups is 1. The third-order valence-corrected chi connectivity index (χ3v) is 4.24. The monoisotopic (exact) mass is 277 g/mol. The topological polar surface area (TPSA) is 49.8 Å². The Morgan fingerprint density at radius 3 is 2.55 bits per heavy atom. The molecule has 1 fully saturated rings. The quantitative estimate of drug-likeness (QED) is 0.899. The lowest BCUT2D eigenvalue weighted by Gasteiger charge is -2.43. The maximum absolute atomic E-state index is 11.4. The van der Waals surface area contributed by atoms with Crippen molar-refractivity contribution in [3.8, 4) is 5.75 Å². The molecular formula is C16H23NO3.